The van der Waals surface area contributed by atoms with E-state index >= 15 is 0 Å². The summed E-state index contributed by atoms with van der Waals surface area (Å²) < 4.78 is 0. The van der Waals surface area contributed by atoms with E-state index < -0.39 is 5.97 Å². The number of aromatic amines is 1. The Morgan fingerprint density at radius 3 is 2.83 bits per heavy atom. The van der Waals surface area contributed by atoms with Crippen molar-refractivity contribution in [2.75, 3.05) is 5.32 Å². The minimum Gasteiger partial charge on any atom is -0.477 e. The second-order valence-electron chi connectivity index (χ2n) is 5.27. The molecule has 0 unspecified atom stereocenters. The normalized spacial score (nSPS) is 11.0. The number of hydrogen-bond donors (Lipinski definition) is 3. The number of aromatic carboxylic acids is 1. The molecule has 0 saturated heterocycles. The fourth-order valence-electron chi connectivity index (χ4n) is 2.64. The minimum absolute atomic E-state index is 0.0857. The first kappa shape index (κ1) is 14.5. The molecular weight excluding hydrogens is 328 g/mol. The maximum Gasteiger partial charge on any atom is 0.352 e. The zero-order valence-corrected chi connectivity index (χ0v) is 13.0. The van der Waals surface area contributed by atoms with Crippen molar-refractivity contribution >= 4 is 50.9 Å². The van der Waals surface area contributed by atoms with Crippen LogP contribution in [-0.2, 0) is 0 Å². The van der Waals surface area contributed by atoms with Gasteiger partial charge in [-0.15, -0.1) is 0 Å². The van der Waals surface area contributed by atoms with Crippen LogP contribution in [0.1, 0.15) is 10.5 Å². The number of benzene rings is 1. The molecule has 4 rings (SSSR count). The molecule has 0 aliphatic heterocycles. The third-order valence-corrected chi connectivity index (χ3v) is 3.94. The van der Waals surface area contributed by atoms with E-state index in [1.54, 1.807) is 30.6 Å². The quantitative estimate of drug-likeness (QED) is 0.520. The molecular formula is C17H11ClN4O2. The van der Waals surface area contributed by atoms with Crippen molar-refractivity contribution in [1.29, 1.82) is 0 Å². The van der Waals surface area contributed by atoms with Gasteiger partial charge in [0.05, 0.1) is 0 Å². The Labute approximate surface area is 141 Å². The molecule has 3 heterocycles. The molecule has 0 radical (unpaired) electrons. The first-order chi connectivity index (χ1) is 11.6. The van der Waals surface area contributed by atoms with Crippen LogP contribution >= 0.6 is 11.6 Å². The molecule has 118 valence electrons. The van der Waals surface area contributed by atoms with Gasteiger partial charge in [0.15, 0.2) is 0 Å². The molecule has 0 fully saturated rings. The van der Waals surface area contributed by atoms with Gasteiger partial charge in [-0.05, 0) is 30.3 Å². The first-order valence-corrected chi connectivity index (χ1v) is 7.52. The maximum absolute atomic E-state index is 11.2. The average Bonchev–Trinajstić information content (AvgIpc) is 3.00. The summed E-state index contributed by atoms with van der Waals surface area (Å²) in [7, 11) is 0. The van der Waals surface area contributed by atoms with E-state index in [0.717, 1.165) is 16.5 Å². The number of halogens is 1. The fourth-order valence-corrected chi connectivity index (χ4v) is 2.83. The van der Waals surface area contributed by atoms with Crippen molar-refractivity contribution in [3.63, 3.8) is 0 Å². The number of pyridine rings is 2. The van der Waals surface area contributed by atoms with Crippen LogP contribution in [0.25, 0.3) is 21.8 Å². The number of rotatable bonds is 3. The number of nitrogens with one attached hydrogen (secondary N) is 2. The van der Waals surface area contributed by atoms with Crippen molar-refractivity contribution in [2.45, 2.75) is 0 Å². The smallest absolute Gasteiger partial charge is 0.352 e. The van der Waals surface area contributed by atoms with Crippen LogP contribution in [0.3, 0.4) is 0 Å². The number of carboxylic acids is 1. The minimum atomic E-state index is -1.03. The van der Waals surface area contributed by atoms with Gasteiger partial charge in [0.1, 0.15) is 17.2 Å². The Bertz CT molecular complexity index is 1090. The lowest BCUT2D eigenvalue weighted by Gasteiger charge is -2.10. The highest BCUT2D eigenvalue weighted by Gasteiger charge is 2.14. The van der Waals surface area contributed by atoms with Crippen molar-refractivity contribution in [3.05, 3.63) is 59.5 Å². The van der Waals surface area contributed by atoms with Gasteiger partial charge in [-0.2, -0.15) is 0 Å². The largest absolute Gasteiger partial charge is 0.477 e. The molecule has 6 nitrogen and oxygen atoms in total. The SMILES string of the molecule is O=C(O)c1cc2c(nc(Nc3cccc(Cl)c3)c3ccncc32)[nH]1. The molecule has 3 N–H and O–H groups in total. The molecule has 0 bridgehead atoms. The Morgan fingerprint density at radius 2 is 2.04 bits per heavy atom. The molecule has 0 spiro atoms. The lowest BCUT2D eigenvalue weighted by Crippen LogP contribution is -1.97. The monoisotopic (exact) mass is 338 g/mol. The van der Waals surface area contributed by atoms with Crippen LogP contribution in [0.15, 0.2) is 48.8 Å². The standard InChI is InChI=1S/C17H11ClN4O2/c18-9-2-1-3-10(6-9)20-15-11-4-5-19-8-13(11)12-7-14(17(23)24)21-16(12)22-15/h1-8H,(H,23,24)(H2,20,21,22). The number of H-pyrrole nitrogens is 1. The fraction of sp³-hybridized carbons (Fsp3) is 0. The first-order valence-electron chi connectivity index (χ1n) is 7.14. The highest BCUT2D eigenvalue weighted by molar-refractivity contribution is 6.30. The van der Waals surface area contributed by atoms with Gasteiger partial charge in [-0.1, -0.05) is 17.7 Å². The predicted molar refractivity (Wildman–Crippen MR) is 93.1 cm³/mol. The number of fused-ring (bicyclic) bond motifs is 3. The van der Waals surface area contributed by atoms with E-state index in [2.05, 4.69) is 20.3 Å². The molecule has 24 heavy (non-hydrogen) atoms. The van der Waals surface area contributed by atoms with E-state index in [9.17, 15) is 9.90 Å². The summed E-state index contributed by atoms with van der Waals surface area (Å²) in [4.78, 5) is 22.7. The van der Waals surface area contributed by atoms with Crippen LogP contribution < -0.4 is 5.32 Å². The maximum atomic E-state index is 11.2. The van der Waals surface area contributed by atoms with E-state index in [1.165, 1.54) is 0 Å². The van der Waals surface area contributed by atoms with Crippen molar-refractivity contribution < 1.29 is 9.90 Å². The van der Waals surface area contributed by atoms with Crippen LogP contribution in [0.2, 0.25) is 5.02 Å². The summed E-state index contributed by atoms with van der Waals surface area (Å²) in [5.74, 6) is -0.435. The lowest BCUT2D eigenvalue weighted by atomic mass is 10.1. The zero-order valence-electron chi connectivity index (χ0n) is 12.2. The van der Waals surface area contributed by atoms with E-state index in [4.69, 9.17) is 11.6 Å². The summed E-state index contributed by atoms with van der Waals surface area (Å²) >= 11 is 6.02. The molecule has 1 aromatic carbocycles. The molecule has 0 aliphatic rings. The predicted octanol–water partition coefficient (Wildman–Crippen LogP) is 4.21. The van der Waals surface area contributed by atoms with Gasteiger partial charge in [-0.25, -0.2) is 9.78 Å². The Hall–Kier alpha value is -3.12. The van der Waals surface area contributed by atoms with Crippen LogP contribution in [0, 0.1) is 0 Å². The summed E-state index contributed by atoms with van der Waals surface area (Å²) in [6.07, 6.45) is 3.37. The van der Waals surface area contributed by atoms with Gasteiger partial charge < -0.3 is 15.4 Å². The number of carbonyl (C=O) groups is 1. The molecule has 0 amide bonds. The van der Waals surface area contributed by atoms with Gasteiger partial charge in [-0.3, -0.25) is 4.98 Å². The van der Waals surface area contributed by atoms with Crippen LogP contribution in [0.5, 0.6) is 0 Å². The number of nitrogens with zero attached hydrogens (tertiary/aromatic N) is 2. The number of aromatic nitrogens is 3. The van der Waals surface area contributed by atoms with E-state index in [-0.39, 0.29) is 5.69 Å². The van der Waals surface area contributed by atoms with Crippen LogP contribution in [0.4, 0.5) is 11.5 Å². The lowest BCUT2D eigenvalue weighted by molar-refractivity contribution is 0.0691. The number of carboxylic acid groups (broad SMARTS) is 1. The summed E-state index contributed by atoms with van der Waals surface area (Å²) in [6, 6.07) is 10.7. The average molecular weight is 339 g/mol. The third-order valence-electron chi connectivity index (χ3n) is 3.70. The number of hydrogen-bond acceptors (Lipinski definition) is 4. The molecule has 0 aliphatic carbocycles. The number of anilines is 2. The molecule has 0 atom stereocenters. The molecule has 0 saturated carbocycles. The highest BCUT2D eigenvalue weighted by atomic mass is 35.5. The van der Waals surface area contributed by atoms with Gasteiger partial charge in [0.2, 0.25) is 0 Å². The van der Waals surface area contributed by atoms with E-state index in [0.29, 0.717) is 21.9 Å². The Morgan fingerprint density at radius 1 is 1.17 bits per heavy atom. The highest BCUT2D eigenvalue weighted by Crippen LogP contribution is 2.31. The van der Waals surface area contributed by atoms with E-state index in [1.807, 2.05) is 18.2 Å². The third kappa shape index (κ3) is 2.43. The van der Waals surface area contributed by atoms with Crippen molar-refractivity contribution in [3.8, 4) is 0 Å². The summed E-state index contributed by atoms with van der Waals surface area (Å²) in [6.45, 7) is 0. The van der Waals surface area contributed by atoms with Gasteiger partial charge in [0.25, 0.3) is 0 Å². The zero-order chi connectivity index (χ0) is 16.7. The Balaban J connectivity index is 1.94. The second-order valence-corrected chi connectivity index (χ2v) is 5.70. The molecule has 7 heteroatoms. The summed E-state index contributed by atoms with van der Waals surface area (Å²) in [5.41, 5.74) is 1.36. The Kier molecular flexibility index (Phi) is 3.32. The molecule has 3 aromatic heterocycles. The van der Waals surface area contributed by atoms with Crippen molar-refractivity contribution in [2.24, 2.45) is 0 Å². The van der Waals surface area contributed by atoms with Crippen LogP contribution in [-0.4, -0.2) is 26.0 Å². The second kappa shape index (κ2) is 5.50. The topological polar surface area (TPSA) is 90.9 Å². The van der Waals surface area contributed by atoms with Gasteiger partial charge in [0, 0.05) is 39.3 Å². The summed E-state index contributed by atoms with van der Waals surface area (Å²) in [5, 5.41) is 15.4. The van der Waals surface area contributed by atoms with Gasteiger partial charge >= 0.3 is 5.97 Å². The molecule has 4 aromatic rings. The van der Waals surface area contributed by atoms with Crippen molar-refractivity contribution in [1.82, 2.24) is 15.0 Å².